The van der Waals surface area contributed by atoms with Crippen LogP contribution in [0, 0.1) is 12.3 Å². The van der Waals surface area contributed by atoms with Crippen LogP contribution in [0.5, 0.6) is 0 Å². The zero-order valence-corrected chi connectivity index (χ0v) is 21.5. The molecule has 2 N–H and O–H groups in total. The Morgan fingerprint density at radius 1 is 0.814 bits per heavy atom. The fourth-order valence-corrected chi connectivity index (χ4v) is 2.78. The third-order valence-corrected chi connectivity index (χ3v) is 4.70. The highest BCUT2D eigenvalue weighted by Gasteiger charge is 2.41. The number of ether oxygens (including phenoxy) is 4. The molecule has 0 amide bonds. The first kappa shape index (κ1) is 35.7. The fourth-order valence-electron chi connectivity index (χ4n) is 2.78. The molecule has 0 atom stereocenters. The lowest BCUT2D eigenvalue weighted by molar-refractivity contribution is -0.200. The lowest BCUT2D eigenvalue weighted by Crippen LogP contribution is -2.27. The molecule has 0 bridgehead atoms. The second-order valence-corrected chi connectivity index (χ2v) is 7.67. The topological polar surface area (TPSA) is 180 Å². The predicted octanol–water partition coefficient (Wildman–Crippen LogP) is 2.71. The van der Waals surface area contributed by atoms with E-state index in [2.05, 4.69) is 18.9 Å². The molecule has 0 radical (unpaired) electrons. The number of aliphatic carboxylic acids is 1. The van der Waals surface area contributed by atoms with Gasteiger partial charge in [0.2, 0.25) is 0 Å². The zero-order chi connectivity index (χ0) is 33.1. The maximum absolute atomic E-state index is 12.3. The molecule has 0 unspecified atom stereocenters. The number of carbonyl (C=O) groups excluding carboxylic acids is 4. The van der Waals surface area contributed by atoms with Gasteiger partial charge in [0, 0.05) is 0 Å². The minimum absolute atomic E-state index is 0.0318. The number of benzene rings is 1. The summed E-state index contributed by atoms with van der Waals surface area (Å²) in [5, 5.41) is 19.0. The molecule has 0 saturated carbocycles. The predicted molar refractivity (Wildman–Crippen MR) is 126 cm³/mol. The molecular formula is C25H18F6O12. The average Bonchev–Trinajstić information content (AvgIpc) is 2.91. The van der Waals surface area contributed by atoms with Crippen molar-refractivity contribution >= 4 is 41.4 Å². The summed E-state index contributed by atoms with van der Waals surface area (Å²) in [6.45, 7) is -2.57. The standard InChI is InChI=1S/C25H18F6O12/c1-3-14(20(36)40-6-8-42-22(38)24(26,27)28)16(18(32)33)10-12(2)13-4-5-15(17(11-13)19(34)35)21(37)41-7-9-43-23(39)25(29,30)31/h1,4-5,10-11H,6-9H2,2H3,(H,32,33)(H,34,35)/b12-10+,16-14-. The van der Waals surface area contributed by atoms with Crippen LogP contribution in [0.1, 0.15) is 33.2 Å². The molecule has 18 heteroatoms. The number of halogens is 6. The smallest absolute Gasteiger partial charge is 0.478 e. The molecule has 0 saturated heterocycles. The van der Waals surface area contributed by atoms with E-state index in [1.165, 1.54) is 6.92 Å². The number of esters is 4. The lowest BCUT2D eigenvalue weighted by atomic mass is 9.97. The number of allylic oxidation sites excluding steroid dienone is 1. The van der Waals surface area contributed by atoms with Gasteiger partial charge in [-0.2, -0.15) is 26.3 Å². The van der Waals surface area contributed by atoms with Crippen molar-refractivity contribution in [3.05, 3.63) is 52.1 Å². The quantitative estimate of drug-likeness (QED) is 0.0662. The first-order valence-electron chi connectivity index (χ1n) is 11.1. The maximum atomic E-state index is 12.3. The third kappa shape index (κ3) is 10.9. The number of hydrogen-bond donors (Lipinski definition) is 2. The average molecular weight is 624 g/mol. The highest BCUT2D eigenvalue weighted by Crippen LogP contribution is 2.23. The van der Waals surface area contributed by atoms with E-state index in [4.69, 9.17) is 6.42 Å². The molecule has 12 nitrogen and oxygen atoms in total. The second-order valence-electron chi connectivity index (χ2n) is 7.67. The highest BCUT2D eigenvalue weighted by atomic mass is 19.4. The summed E-state index contributed by atoms with van der Waals surface area (Å²) in [7, 11) is 0. The molecule has 43 heavy (non-hydrogen) atoms. The second kappa shape index (κ2) is 15.0. The Morgan fingerprint density at radius 2 is 1.30 bits per heavy atom. The number of alkyl halides is 6. The van der Waals surface area contributed by atoms with Gasteiger partial charge in [-0.25, -0.2) is 28.8 Å². The van der Waals surface area contributed by atoms with Crippen molar-refractivity contribution in [3.63, 3.8) is 0 Å². The number of aromatic carboxylic acids is 1. The van der Waals surface area contributed by atoms with E-state index in [1.807, 2.05) is 0 Å². The van der Waals surface area contributed by atoms with Crippen molar-refractivity contribution in [1.29, 1.82) is 0 Å². The Morgan fingerprint density at radius 3 is 1.74 bits per heavy atom. The van der Waals surface area contributed by atoms with Crippen molar-refractivity contribution < 1.29 is 84.3 Å². The number of terminal acetylenes is 1. The van der Waals surface area contributed by atoms with Crippen LogP contribution in [0.2, 0.25) is 0 Å². The van der Waals surface area contributed by atoms with E-state index in [-0.39, 0.29) is 11.1 Å². The molecule has 0 fully saturated rings. The monoisotopic (exact) mass is 624 g/mol. The molecule has 232 valence electrons. The normalized spacial score (nSPS) is 12.3. The molecule has 1 aromatic rings. The van der Waals surface area contributed by atoms with Crippen LogP contribution in [0.3, 0.4) is 0 Å². The molecule has 0 heterocycles. The van der Waals surface area contributed by atoms with Crippen molar-refractivity contribution in [2.45, 2.75) is 19.3 Å². The number of carboxylic acids is 2. The summed E-state index contributed by atoms with van der Waals surface area (Å²) in [4.78, 5) is 69.3. The fraction of sp³-hybridized carbons (Fsp3) is 0.280. The van der Waals surface area contributed by atoms with Crippen molar-refractivity contribution in [2.75, 3.05) is 26.4 Å². The van der Waals surface area contributed by atoms with Gasteiger partial charge in [-0.3, -0.25) is 0 Å². The molecule has 1 aromatic carbocycles. The number of rotatable bonds is 12. The van der Waals surface area contributed by atoms with E-state index in [0.29, 0.717) is 0 Å². The van der Waals surface area contributed by atoms with Gasteiger partial charge in [0.25, 0.3) is 0 Å². The highest BCUT2D eigenvalue weighted by molar-refractivity contribution is 6.06. The van der Waals surface area contributed by atoms with Gasteiger partial charge in [0.05, 0.1) is 16.7 Å². The molecule has 0 aliphatic heterocycles. The molecule has 0 aromatic heterocycles. The van der Waals surface area contributed by atoms with Crippen molar-refractivity contribution in [3.8, 4) is 12.3 Å². The first-order chi connectivity index (χ1) is 19.8. The van der Waals surface area contributed by atoms with Gasteiger partial charge in [-0.05, 0) is 36.3 Å². The third-order valence-electron chi connectivity index (χ3n) is 4.70. The van der Waals surface area contributed by atoms with E-state index < -0.39 is 96.9 Å². The lowest BCUT2D eigenvalue weighted by Gasteiger charge is -2.11. The SMILES string of the molecule is C#C/C(C(=O)OCCOC(=O)C(F)(F)F)=C(\C=C(/C)c1ccc(C(=O)OCCOC(=O)C(F)(F)F)c(C(=O)O)c1)C(=O)O. The van der Waals surface area contributed by atoms with Crippen LogP contribution in [-0.4, -0.2) is 84.8 Å². The van der Waals surface area contributed by atoms with Crippen LogP contribution in [0.15, 0.2) is 35.4 Å². The summed E-state index contributed by atoms with van der Waals surface area (Å²) < 4.78 is 89.6. The van der Waals surface area contributed by atoms with E-state index >= 15 is 0 Å². The summed E-state index contributed by atoms with van der Waals surface area (Å²) >= 11 is 0. The molecule has 1 rings (SSSR count). The van der Waals surface area contributed by atoms with Gasteiger partial charge in [0.1, 0.15) is 32.0 Å². The van der Waals surface area contributed by atoms with Crippen LogP contribution >= 0.6 is 0 Å². The number of hydrogen-bond acceptors (Lipinski definition) is 10. The van der Waals surface area contributed by atoms with Crippen LogP contribution in [0.4, 0.5) is 26.3 Å². The van der Waals surface area contributed by atoms with Gasteiger partial charge < -0.3 is 29.2 Å². The van der Waals surface area contributed by atoms with E-state index in [0.717, 1.165) is 24.3 Å². The van der Waals surface area contributed by atoms with Gasteiger partial charge in [0.15, 0.2) is 0 Å². The minimum Gasteiger partial charge on any atom is -0.478 e. The van der Waals surface area contributed by atoms with Gasteiger partial charge in [-0.15, -0.1) is 6.42 Å². The summed E-state index contributed by atoms with van der Waals surface area (Å²) in [5.74, 6) is -9.62. The van der Waals surface area contributed by atoms with Crippen molar-refractivity contribution in [1.82, 2.24) is 0 Å². The molecule has 0 spiro atoms. The van der Waals surface area contributed by atoms with Gasteiger partial charge in [-0.1, -0.05) is 12.0 Å². The summed E-state index contributed by atoms with van der Waals surface area (Å²) in [6, 6.07) is 2.92. The first-order valence-corrected chi connectivity index (χ1v) is 11.1. The van der Waals surface area contributed by atoms with Crippen LogP contribution in [0.25, 0.3) is 5.57 Å². The summed E-state index contributed by atoms with van der Waals surface area (Å²) in [6.07, 6.45) is -4.58. The number of carboxylic acid groups (broad SMARTS) is 2. The Labute approximate surface area is 236 Å². The van der Waals surface area contributed by atoms with Crippen LogP contribution in [-0.2, 0) is 38.1 Å². The Kier molecular flexibility index (Phi) is 12.5. The van der Waals surface area contributed by atoms with Gasteiger partial charge >= 0.3 is 48.2 Å². The zero-order valence-electron chi connectivity index (χ0n) is 21.5. The molecule has 0 aliphatic carbocycles. The minimum atomic E-state index is -5.30. The van der Waals surface area contributed by atoms with E-state index in [1.54, 1.807) is 5.92 Å². The van der Waals surface area contributed by atoms with E-state index in [9.17, 15) is 65.3 Å². The van der Waals surface area contributed by atoms with Crippen LogP contribution < -0.4 is 0 Å². The summed E-state index contributed by atoms with van der Waals surface area (Å²) in [5.41, 5.74) is -3.15. The molecule has 0 aliphatic rings. The Bertz CT molecular complexity index is 1400. The maximum Gasteiger partial charge on any atom is 0.490 e. The Hall–Kier alpha value is -5.34. The number of carbonyl (C=O) groups is 6. The Balaban J connectivity index is 3.16. The molecular weight excluding hydrogens is 606 g/mol. The van der Waals surface area contributed by atoms with Crippen molar-refractivity contribution in [2.24, 2.45) is 0 Å². The largest absolute Gasteiger partial charge is 0.490 e.